The van der Waals surface area contributed by atoms with Crippen LogP contribution in [0.3, 0.4) is 0 Å². The number of fused-ring (bicyclic) bond motifs is 1. The molecule has 2 aromatic rings. The standard InChI is InChI=1S/C21H23N3O/c1-23(19-13-17-9-5-6-10-18(17)14-19)15-21(25)24-12-11-20(22-24)16-7-3-2-4-8-16/h2-10,19H,11-15H2,1H3. The van der Waals surface area contributed by atoms with Gasteiger partial charge in [0, 0.05) is 12.5 Å². The highest BCUT2D eigenvalue weighted by molar-refractivity contribution is 6.02. The number of benzene rings is 2. The third kappa shape index (κ3) is 3.35. The number of carbonyl (C=O) groups is 1. The SMILES string of the molecule is CN(CC(=O)N1CCC(c2ccccc2)=N1)C1Cc2ccccc2C1. The third-order valence-electron chi connectivity index (χ3n) is 5.23. The molecular weight excluding hydrogens is 310 g/mol. The lowest BCUT2D eigenvalue weighted by atomic mass is 10.1. The monoisotopic (exact) mass is 333 g/mol. The summed E-state index contributed by atoms with van der Waals surface area (Å²) in [6.45, 7) is 1.10. The van der Waals surface area contributed by atoms with Crippen LogP contribution < -0.4 is 0 Å². The summed E-state index contributed by atoms with van der Waals surface area (Å²) in [4.78, 5) is 14.8. The van der Waals surface area contributed by atoms with Gasteiger partial charge >= 0.3 is 0 Å². The fraction of sp³-hybridized carbons (Fsp3) is 0.333. The molecule has 2 aromatic carbocycles. The first-order valence-corrected chi connectivity index (χ1v) is 8.91. The second-order valence-corrected chi connectivity index (χ2v) is 6.93. The van der Waals surface area contributed by atoms with Gasteiger partial charge < -0.3 is 0 Å². The molecule has 4 nitrogen and oxygen atoms in total. The molecular formula is C21H23N3O. The molecule has 0 spiro atoms. The Labute approximate surface area is 148 Å². The first kappa shape index (κ1) is 16.0. The van der Waals surface area contributed by atoms with Crippen LogP contribution in [0.1, 0.15) is 23.1 Å². The fourth-order valence-electron chi connectivity index (χ4n) is 3.74. The normalized spacial score (nSPS) is 17.0. The second kappa shape index (κ2) is 6.81. The number of amides is 1. The highest BCUT2D eigenvalue weighted by Crippen LogP contribution is 2.25. The summed E-state index contributed by atoms with van der Waals surface area (Å²) in [6, 6.07) is 19.1. The van der Waals surface area contributed by atoms with E-state index in [-0.39, 0.29) is 5.91 Å². The fourth-order valence-corrected chi connectivity index (χ4v) is 3.74. The summed E-state index contributed by atoms with van der Waals surface area (Å²) in [5.41, 5.74) is 4.94. The zero-order valence-electron chi connectivity index (χ0n) is 14.6. The molecule has 0 N–H and O–H groups in total. The summed E-state index contributed by atoms with van der Waals surface area (Å²) in [6.07, 6.45) is 2.88. The second-order valence-electron chi connectivity index (χ2n) is 6.93. The number of hydrogen-bond acceptors (Lipinski definition) is 3. The minimum absolute atomic E-state index is 0.0874. The van der Waals surface area contributed by atoms with Crippen molar-refractivity contribution < 1.29 is 4.79 Å². The molecule has 1 heterocycles. The molecule has 0 saturated heterocycles. The molecule has 0 atom stereocenters. The van der Waals surface area contributed by atoms with Crippen molar-refractivity contribution in [2.75, 3.05) is 20.1 Å². The van der Waals surface area contributed by atoms with Crippen molar-refractivity contribution in [2.45, 2.75) is 25.3 Å². The maximum Gasteiger partial charge on any atom is 0.256 e. The maximum atomic E-state index is 12.6. The number of rotatable bonds is 4. The van der Waals surface area contributed by atoms with E-state index < -0.39 is 0 Å². The molecule has 4 heteroatoms. The van der Waals surface area contributed by atoms with Gasteiger partial charge in [-0.1, -0.05) is 54.6 Å². The number of hydrazone groups is 1. The molecule has 0 unspecified atom stereocenters. The van der Waals surface area contributed by atoms with Gasteiger partial charge in [-0.05, 0) is 36.6 Å². The largest absolute Gasteiger partial charge is 0.294 e. The Hall–Kier alpha value is -2.46. The van der Waals surface area contributed by atoms with Gasteiger partial charge in [-0.2, -0.15) is 5.10 Å². The van der Waals surface area contributed by atoms with Crippen molar-refractivity contribution >= 4 is 11.6 Å². The van der Waals surface area contributed by atoms with Crippen LogP contribution in [0.2, 0.25) is 0 Å². The molecule has 2 aliphatic rings. The summed E-state index contributed by atoms with van der Waals surface area (Å²) in [7, 11) is 2.05. The van der Waals surface area contributed by atoms with Crippen molar-refractivity contribution in [2.24, 2.45) is 5.10 Å². The Morgan fingerprint density at radius 3 is 2.40 bits per heavy atom. The van der Waals surface area contributed by atoms with Crippen LogP contribution in [0.5, 0.6) is 0 Å². The number of likely N-dealkylation sites (N-methyl/N-ethyl adjacent to an activating group) is 1. The molecule has 0 saturated carbocycles. The number of nitrogens with zero attached hydrogens (tertiary/aromatic N) is 3. The summed E-state index contributed by atoms with van der Waals surface area (Å²) < 4.78 is 0. The third-order valence-corrected chi connectivity index (χ3v) is 5.23. The van der Waals surface area contributed by atoms with Gasteiger partial charge in [-0.25, -0.2) is 5.01 Å². The van der Waals surface area contributed by atoms with E-state index in [4.69, 9.17) is 0 Å². The molecule has 0 aromatic heterocycles. The smallest absolute Gasteiger partial charge is 0.256 e. The van der Waals surface area contributed by atoms with E-state index in [0.29, 0.717) is 19.1 Å². The highest BCUT2D eigenvalue weighted by atomic mass is 16.2. The maximum absolute atomic E-state index is 12.6. The van der Waals surface area contributed by atoms with Gasteiger partial charge in [0.2, 0.25) is 0 Å². The zero-order valence-corrected chi connectivity index (χ0v) is 14.6. The first-order valence-electron chi connectivity index (χ1n) is 8.91. The van der Waals surface area contributed by atoms with E-state index in [0.717, 1.165) is 30.5 Å². The minimum atomic E-state index is 0.0874. The highest BCUT2D eigenvalue weighted by Gasteiger charge is 2.28. The molecule has 0 bridgehead atoms. The molecule has 4 rings (SSSR count). The van der Waals surface area contributed by atoms with Crippen LogP contribution in [0.25, 0.3) is 0 Å². The van der Waals surface area contributed by atoms with Crippen molar-refractivity contribution in [3.05, 3.63) is 71.3 Å². The van der Waals surface area contributed by atoms with Crippen molar-refractivity contribution in [3.8, 4) is 0 Å². The lowest BCUT2D eigenvalue weighted by Gasteiger charge is -2.24. The van der Waals surface area contributed by atoms with Gasteiger partial charge in [-0.15, -0.1) is 0 Å². The van der Waals surface area contributed by atoms with E-state index in [1.54, 1.807) is 5.01 Å². The van der Waals surface area contributed by atoms with Gasteiger partial charge in [-0.3, -0.25) is 9.69 Å². The molecule has 0 fully saturated rings. The minimum Gasteiger partial charge on any atom is -0.294 e. The van der Waals surface area contributed by atoms with Crippen LogP contribution in [0.4, 0.5) is 0 Å². The van der Waals surface area contributed by atoms with Crippen LogP contribution >= 0.6 is 0 Å². The molecule has 0 radical (unpaired) electrons. The predicted octanol–water partition coefficient (Wildman–Crippen LogP) is 2.72. The Balaban J connectivity index is 1.37. The Bertz CT molecular complexity index is 775. The summed E-state index contributed by atoms with van der Waals surface area (Å²) in [5, 5.41) is 6.19. The lowest BCUT2D eigenvalue weighted by Crippen LogP contribution is -2.40. The van der Waals surface area contributed by atoms with Crippen molar-refractivity contribution in [1.82, 2.24) is 9.91 Å². The zero-order chi connectivity index (χ0) is 17.2. The molecule has 25 heavy (non-hydrogen) atoms. The first-order chi connectivity index (χ1) is 12.2. The Kier molecular flexibility index (Phi) is 4.36. The van der Waals surface area contributed by atoms with Gasteiger partial charge in [0.05, 0.1) is 18.8 Å². The lowest BCUT2D eigenvalue weighted by molar-refractivity contribution is -0.132. The van der Waals surface area contributed by atoms with Gasteiger partial charge in [0.15, 0.2) is 0 Å². The average Bonchev–Trinajstić information content (AvgIpc) is 3.29. The molecule has 128 valence electrons. The van der Waals surface area contributed by atoms with Crippen LogP contribution in [-0.4, -0.2) is 47.7 Å². The topological polar surface area (TPSA) is 35.9 Å². The van der Waals surface area contributed by atoms with Crippen LogP contribution in [-0.2, 0) is 17.6 Å². The number of carbonyl (C=O) groups excluding carboxylic acids is 1. The van der Waals surface area contributed by atoms with E-state index in [2.05, 4.69) is 46.4 Å². The van der Waals surface area contributed by atoms with Crippen LogP contribution in [0, 0.1) is 0 Å². The van der Waals surface area contributed by atoms with Gasteiger partial charge in [0.25, 0.3) is 5.91 Å². The average molecular weight is 333 g/mol. The number of hydrogen-bond donors (Lipinski definition) is 0. The van der Waals surface area contributed by atoms with Crippen molar-refractivity contribution in [1.29, 1.82) is 0 Å². The van der Waals surface area contributed by atoms with E-state index in [9.17, 15) is 4.79 Å². The summed E-state index contributed by atoms with van der Waals surface area (Å²) in [5.74, 6) is 0.0874. The van der Waals surface area contributed by atoms with E-state index in [1.165, 1.54) is 11.1 Å². The molecule has 1 amide bonds. The van der Waals surface area contributed by atoms with E-state index >= 15 is 0 Å². The summed E-state index contributed by atoms with van der Waals surface area (Å²) >= 11 is 0. The van der Waals surface area contributed by atoms with Gasteiger partial charge in [0.1, 0.15) is 0 Å². The molecule has 1 aliphatic heterocycles. The quantitative estimate of drug-likeness (QED) is 0.862. The van der Waals surface area contributed by atoms with E-state index in [1.807, 2.05) is 25.2 Å². The Morgan fingerprint density at radius 2 is 1.72 bits per heavy atom. The Morgan fingerprint density at radius 1 is 1.08 bits per heavy atom. The molecule has 1 aliphatic carbocycles. The predicted molar refractivity (Wildman–Crippen MR) is 99.6 cm³/mol. The van der Waals surface area contributed by atoms with Crippen molar-refractivity contribution in [3.63, 3.8) is 0 Å². The van der Waals surface area contributed by atoms with Crippen LogP contribution in [0.15, 0.2) is 59.7 Å².